The zero-order valence-electron chi connectivity index (χ0n) is 15.3. The third-order valence-corrected chi connectivity index (χ3v) is 4.56. The minimum Gasteiger partial charge on any atom is -0.482 e. The van der Waals surface area contributed by atoms with Crippen molar-refractivity contribution in [3.8, 4) is 5.75 Å². The van der Waals surface area contributed by atoms with E-state index >= 15 is 0 Å². The van der Waals surface area contributed by atoms with Crippen molar-refractivity contribution in [2.75, 3.05) is 31.7 Å². The minimum atomic E-state index is -0.449. The third kappa shape index (κ3) is 5.20. The van der Waals surface area contributed by atoms with Crippen LogP contribution in [0.5, 0.6) is 5.75 Å². The summed E-state index contributed by atoms with van der Waals surface area (Å²) in [5, 5.41) is 3.09. The van der Waals surface area contributed by atoms with Crippen molar-refractivity contribution in [2.45, 2.75) is 18.9 Å². The lowest BCUT2D eigenvalue weighted by Gasteiger charge is -2.33. The number of aromatic nitrogens is 1. The second-order valence-corrected chi connectivity index (χ2v) is 6.33. The number of nitrogens with one attached hydrogen (secondary N) is 1. The summed E-state index contributed by atoms with van der Waals surface area (Å²) >= 11 is 0. The molecule has 1 amide bonds. The first kappa shape index (κ1) is 18.7. The van der Waals surface area contributed by atoms with E-state index in [1.165, 1.54) is 7.11 Å². The molecule has 2 heterocycles. The van der Waals surface area contributed by atoms with Crippen molar-refractivity contribution in [3.05, 3.63) is 54.4 Å². The van der Waals surface area contributed by atoms with Gasteiger partial charge in [0, 0.05) is 42.8 Å². The van der Waals surface area contributed by atoms with E-state index in [0.29, 0.717) is 11.3 Å². The van der Waals surface area contributed by atoms with Crippen LogP contribution < -0.4 is 15.0 Å². The summed E-state index contributed by atoms with van der Waals surface area (Å²) in [5.74, 6) is -0.0329. The van der Waals surface area contributed by atoms with Crippen LogP contribution in [0.2, 0.25) is 0 Å². The molecule has 7 nitrogen and oxygen atoms in total. The van der Waals surface area contributed by atoms with Gasteiger partial charge in [-0.2, -0.15) is 0 Å². The lowest BCUT2D eigenvalue weighted by Crippen LogP contribution is -2.44. The van der Waals surface area contributed by atoms with E-state index in [1.54, 1.807) is 36.7 Å². The number of ether oxygens (including phenoxy) is 2. The maximum Gasteiger partial charge on any atom is 0.343 e. The topological polar surface area (TPSA) is 80.8 Å². The molecule has 0 atom stereocenters. The molecule has 1 fully saturated rings. The van der Waals surface area contributed by atoms with E-state index < -0.39 is 5.97 Å². The quantitative estimate of drug-likeness (QED) is 0.785. The van der Waals surface area contributed by atoms with Crippen molar-refractivity contribution in [1.29, 1.82) is 0 Å². The van der Waals surface area contributed by atoms with Gasteiger partial charge >= 0.3 is 5.97 Å². The van der Waals surface area contributed by atoms with Gasteiger partial charge in [-0.3, -0.25) is 9.78 Å². The molecular weight excluding hydrogens is 346 g/mol. The van der Waals surface area contributed by atoms with Gasteiger partial charge in [-0.25, -0.2) is 4.79 Å². The normalized spacial score (nSPS) is 14.5. The summed E-state index contributed by atoms with van der Waals surface area (Å²) in [7, 11) is 1.31. The van der Waals surface area contributed by atoms with E-state index in [0.717, 1.165) is 31.6 Å². The maximum atomic E-state index is 12.4. The van der Waals surface area contributed by atoms with Crippen molar-refractivity contribution >= 4 is 17.6 Å². The first-order chi connectivity index (χ1) is 13.2. The summed E-state index contributed by atoms with van der Waals surface area (Å²) in [5.41, 5.74) is 1.73. The highest BCUT2D eigenvalue weighted by molar-refractivity contribution is 5.94. The van der Waals surface area contributed by atoms with Gasteiger partial charge in [-0.05, 0) is 49.2 Å². The van der Waals surface area contributed by atoms with E-state index in [-0.39, 0.29) is 18.6 Å². The smallest absolute Gasteiger partial charge is 0.343 e. The zero-order chi connectivity index (χ0) is 19.1. The van der Waals surface area contributed by atoms with Gasteiger partial charge in [0.05, 0.1) is 7.11 Å². The van der Waals surface area contributed by atoms with Gasteiger partial charge in [0.25, 0.3) is 5.91 Å². The summed E-state index contributed by atoms with van der Waals surface area (Å²) < 4.78 is 9.80. The number of hydrogen-bond donors (Lipinski definition) is 1. The summed E-state index contributed by atoms with van der Waals surface area (Å²) in [4.78, 5) is 29.9. The summed E-state index contributed by atoms with van der Waals surface area (Å²) in [6, 6.07) is 10.9. The lowest BCUT2D eigenvalue weighted by atomic mass is 10.0. The molecule has 3 rings (SSSR count). The SMILES string of the molecule is COC(=O)COc1ccc(C(=O)NC2CCN(c3ccncc3)CC2)cc1. The number of piperidine rings is 1. The molecule has 1 N–H and O–H groups in total. The first-order valence-corrected chi connectivity index (χ1v) is 8.91. The molecule has 7 heteroatoms. The van der Waals surface area contributed by atoms with Gasteiger partial charge in [-0.1, -0.05) is 0 Å². The van der Waals surface area contributed by atoms with Gasteiger partial charge in [0.15, 0.2) is 6.61 Å². The molecule has 27 heavy (non-hydrogen) atoms. The third-order valence-electron chi connectivity index (χ3n) is 4.56. The number of anilines is 1. The summed E-state index contributed by atoms with van der Waals surface area (Å²) in [6.45, 7) is 1.64. The Balaban J connectivity index is 1.47. The lowest BCUT2D eigenvalue weighted by molar-refractivity contribution is -0.142. The number of nitrogens with zero attached hydrogens (tertiary/aromatic N) is 2. The van der Waals surface area contributed by atoms with Crippen LogP contribution in [0.3, 0.4) is 0 Å². The molecule has 142 valence electrons. The Morgan fingerprint density at radius 2 is 1.78 bits per heavy atom. The Morgan fingerprint density at radius 1 is 1.11 bits per heavy atom. The number of carbonyl (C=O) groups is 2. The van der Waals surface area contributed by atoms with Crippen LogP contribution in [0.25, 0.3) is 0 Å². The van der Waals surface area contributed by atoms with Crippen LogP contribution in [0.15, 0.2) is 48.8 Å². The predicted molar refractivity (Wildman–Crippen MR) is 101 cm³/mol. The highest BCUT2D eigenvalue weighted by Crippen LogP contribution is 2.19. The molecular formula is C20H23N3O4. The molecule has 1 aliphatic rings. The molecule has 1 aliphatic heterocycles. The molecule has 0 radical (unpaired) electrons. The van der Waals surface area contributed by atoms with Gasteiger partial charge < -0.3 is 19.7 Å². The number of methoxy groups -OCH3 is 1. The average Bonchev–Trinajstić information content (AvgIpc) is 2.73. The number of benzene rings is 1. The molecule has 0 spiro atoms. The number of pyridine rings is 1. The average molecular weight is 369 g/mol. The Kier molecular flexibility index (Phi) is 6.25. The fourth-order valence-electron chi connectivity index (χ4n) is 3.01. The fourth-order valence-corrected chi connectivity index (χ4v) is 3.01. The predicted octanol–water partition coefficient (Wildman–Crippen LogP) is 2.03. The second kappa shape index (κ2) is 9.02. The maximum absolute atomic E-state index is 12.4. The largest absolute Gasteiger partial charge is 0.482 e. The van der Waals surface area contributed by atoms with E-state index in [9.17, 15) is 9.59 Å². The van der Waals surface area contributed by atoms with Crippen LogP contribution in [-0.4, -0.2) is 49.7 Å². The van der Waals surface area contributed by atoms with Crippen molar-refractivity contribution in [2.24, 2.45) is 0 Å². The van der Waals surface area contributed by atoms with Gasteiger partial charge in [-0.15, -0.1) is 0 Å². The summed E-state index contributed by atoms with van der Waals surface area (Å²) in [6.07, 6.45) is 5.38. The number of amides is 1. The highest BCUT2D eigenvalue weighted by Gasteiger charge is 2.21. The Hall–Kier alpha value is -3.09. The molecule has 1 aromatic carbocycles. The minimum absolute atomic E-state index is 0.100. The Labute approximate surface area is 158 Å². The van der Waals surface area contributed by atoms with Crippen LogP contribution >= 0.6 is 0 Å². The first-order valence-electron chi connectivity index (χ1n) is 8.91. The molecule has 0 aliphatic carbocycles. The molecule has 0 bridgehead atoms. The molecule has 1 saturated heterocycles. The Morgan fingerprint density at radius 3 is 2.41 bits per heavy atom. The van der Waals surface area contributed by atoms with Crippen LogP contribution in [0, 0.1) is 0 Å². The monoisotopic (exact) mass is 369 g/mol. The van der Waals surface area contributed by atoms with Crippen LogP contribution in [-0.2, 0) is 9.53 Å². The molecule has 0 saturated carbocycles. The van der Waals surface area contributed by atoms with E-state index in [2.05, 4.69) is 19.9 Å². The van der Waals surface area contributed by atoms with Gasteiger partial charge in [0.1, 0.15) is 5.75 Å². The number of hydrogen-bond acceptors (Lipinski definition) is 6. The highest BCUT2D eigenvalue weighted by atomic mass is 16.6. The molecule has 2 aromatic rings. The second-order valence-electron chi connectivity index (χ2n) is 6.33. The zero-order valence-corrected chi connectivity index (χ0v) is 15.3. The van der Waals surface area contributed by atoms with Gasteiger partial charge in [0.2, 0.25) is 0 Å². The van der Waals surface area contributed by atoms with Crippen LogP contribution in [0.4, 0.5) is 5.69 Å². The number of carbonyl (C=O) groups excluding carboxylic acids is 2. The molecule has 1 aromatic heterocycles. The standard InChI is InChI=1S/C20H23N3O4/c1-26-19(24)14-27-18-4-2-15(3-5-18)20(25)22-16-8-12-23(13-9-16)17-6-10-21-11-7-17/h2-7,10-11,16H,8-9,12-14H2,1H3,(H,22,25). The van der Waals surface area contributed by atoms with E-state index in [4.69, 9.17) is 4.74 Å². The fraction of sp³-hybridized carbons (Fsp3) is 0.350. The Bertz CT molecular complexity index is 757. The van der Waals surface area contributed by atoms with E-state index in [1.807, 2.05) is 12.1 Å². The number of esters is 1. The number of rotatable bonds is 6. The van der Waals surface area contributed by atoms with Crippen molar-refractivity contribution in [3.63, 3.8) is 0 Å². The van der Waals surface area contributed by atoms with Crippen molar-refractivity contribution in [1.82, 2.24) is 10.3 Å². The molecule has 0 unspecified atom stereocenters. The van der Waals surface area contributed by atoms with Crippen LogP contribution in [0.1, 0.15) is 23.2 Å². The van der Waals surface area contributed by atoms with Crippen molar-refractivity contribution < 1.29 is 19.1 Å².